The molecule has 1 saturated carbocycles. The summed E-state index contributed by atoms with van der Waals surface area (Å²) in [6, 6.07) is 9.26. The van der Waals surface area contributed by atoms with Gasteiger partial charge in [0.2, 0.25) is 0 Å². The van der Waals surface area contributed by atoms with Crippen LogP contribution < -0.4 is 4.74 Å². The molecule has 1 aliphatic carbocycles. The molecule has 0 aromatic heterocycles. The Morgan fingerprint density at radius 3 is 1.88 bits per heavy atom. The quantitative estimate of drug-likeness (QED) is 0.413. The summed E-state index contributed by atoms with van der Waals surface area (Å²) < 4.78 is 12.5. The SMILES string of the molecule is Cc1cc(C)c(OCC2CCC(CC3CCC(Cc4cc(C)c(C)c(C)c4)CC3)CO2)c(C)c1. The molecule has 186 valence electrons. The van der Waals surface area contributed by atoms with E-state index in [-0.39, 0.29) is 6.10 Å². The van der Waals surface area contributed by atoms with Gasteiger partial charge in [-0.05, 0) is 131 Å². The molecule has 2 aromatic rings. The third-order valence-corrected chi connectivity index (χ3v) is 8.63. The molecule has 2 atom stereocenters. The summed E-state index contributed by atoms with van der Waals surface area (Å²) in [6.07, 6.45) is 10.9. The van der Waals surface area contributed by atoms with E-state index in [0.717, 1.165) is 36.5 Å². The number of hydrogen-bond donors (Lipinski definition) is 0. The lowest BCUT2D eigenvalue weighted by atomic mass is 9.75. The van der Waals surface area contributed by atoms with E-state index >= 15 is 0 Å². The van der Waals surface area contributed by atoms with E-state index in [9.17, 15) is 0 Å². The van der Waals surface area contributed by atoms with Crippen molar-refractivity contribution in [2.45, 2.75) is 99.0 Å². The average Bonchev–Trinajstić information content (AvgIpc) is 2.79. The average molecular weight is 463 g/mol. The topological polar surface area (TPSA) is 18.5 Å². The van der Waals surface area contributed by atoms with Crippen molar-refractivity contribution in [1.29, 1.82) is 0 Å². The molecule has 0 bridgehead atoms. The Labute approximate surface area is 208 Å². The van der Waals surface area contributed by atoms with Gasteiger partial charge < -0.3 is 9.47 Å². The maximum Gasteiger partial charge on any atom is 0.125 e. The van der Waals surface area contributed by atoms with Crippen LogP contribution in [0, 0.1) is 59.3 Å². The number of rotatable bonds is 7. The van der Waals surface area contributed by atoms with Crippen LogP contribution in [0.15, 0.2) is 24.3 Å². The number of benzene rings is 2. The summed E-state index contributed by atoms with van der Waals surface area (Å²) in [7, 11) is 0. The minimum Gasteiger partial charge on any atom is -0.490 e. The van der Waals surface area contributed by atoms with Gasteiger partial charge in [0, 0.05) is 6.61 Å². The summed E-state index contributed by atoms with van der Waals surface area (Å²) in [4.78, 5) is 0. The molecule has 1 aliphatic heterocycles. The maximum absolute atomic E-state index is 6.26. The first-order valence-corrected chi connectivity index (χ1v) is 13.7. The smallest absolute Gasteiger partial charge is 0.125 e. The monoisotopic (exact) mass is 462 g/mol. The predicted molar refractivity (Wildman–Crippen MR) is 143 cm³/mol. The lowest BCUT2D eigenvalue weighted by Gasteiger charge is -2.34. The fraction of sp³-hybridized carbons (Fsp3) is 0.625. The molecule has 1 saturated heterocycles. The Morgan fingerprint density at radius 1 is 0.706 bits per heavy atom. The second-order valence-electron chi connectivity index (χ2n) is 11.6. The molecule has 2 heteroatoms. The Morgan fingerprint density at radius 2 is 1.29 bits per heavy atom. The number of aryl methyl sites for hydroxylation is 5. The van der Waals surface area contributed by atoms with Crippen molar-refractivity contribution in [3.8, 4) is 5.75 Å². The van der Waals surface area contributed by atoms with Crippen LogP contribution in [0.4, 0.5) is 0 Å². The van der Waals surface area contributed by atoms with Crippen molar-refractivity contribution in [2.75, 3.05) is 13.2 Å². The van der Waals surface area contributed by atoms with Crippen LogP contribution in [0.5, 0.6) is 5.75 Å². The van der Waals surface area contributed by atoms with Gasteiger partial charge in [0.1, 0.15) is 12.4 Å². The Kier molecular flexibility index (Phi) is 8.40. The van der Waals surface area contributed by atoms with Crippen LogP contribution in [0.2, 0.25) is 0 Å². The van der Waals surface area contributed by atoms with Crippen LogP contribution >= 0.6 is 0 Å². The zero-order valence-corrected chi connectivity index (χ0v) is 22.5. The maximum atomic E-state index is 6.26. The molecule has 0 amide bonds. The molecular formula is C32H46O2. The zero-order chi connectivity index (χ0) is 24.2. The van der Waals surface area contributed by atoms with Crippen molar-refractivity contribution in [3.63, 3.8) is 0 Å². The Balaban J connectivity index is 1.16. The van der Waals surface area contributed by atoms with Gasteiger partial charge >= 0.3 is 0 Å². The molecule has 2 fully saturated rings. The highest BCUT2D eigenvalue weighted by molar-refractivity contribution is 5.43. The van der Waals surface area contributed by atoms with E-state index in [1.54, 1.807) is 5.56 Å². The van der Waals surface area contributed by atoms with Crippen molar-refractivity contribution >= 4 is 0 Å². The molecule has 4 rings (SSSR count). The third kappa shape index (κ3) is 6.45. The third-order valence-electron chi connectivity index (χ3n) is 8.63. The molecule has 0 N–H and O–H groups in total. The highest BCUT2D eigenvalue weighted by Crippen LogP contribution is 2.37. The summed E-state index contributed by atoms with van der Waals surface area (Å²) in [6.45, 7) is 14.8. The number of ether oxygens (including phenoxy) is 2. The first kappa shape index (κ1) is 25.3. The van der Waals surface area contributed by atoms with Crippen molar-refractivity contribution in [1.82, 2.24) is 0 Å². The van der Waals surface area contributed by atoms with E-state index in [1.807, 2.05) is 0 Å². The number of hydrogen-bond acceptors (Lipinski definition) is 2. The minimum absolute atomic E-state index is 0.244. The van der Waals surface area contributed by atoms with Gasteiger partial charge in [0.15, 0.2) is 0 Å². The first-order valence-electron chi connectivity index (χ1n) is 13.7. The van der Waals surface area contributed by atoms with E-state index in [1.165, 1.54) is 78.3 Å². The van der Waals surface area contributed by atoms with Crippen molar-refractivity contribution < 1.29 is 9.47 Å². The van der Waals surface area contributed by atoms with E-state index < -0.39 is 0 Å². The summed E-state index contributed by atoms with van der Waals surface area (Å²) in [5.41, 5.74) is 9.67. The fourth-order valence-corrected chi connectivity index (χ4v) is 6.47. The molecule has 1 heterocycles. The van der Waals surface area contributed by atoms with Crippen LogP contribution in [0.25, 0.3) is 0 Å². The van der Waals surface area contributed by atoms with Gasteiger partial charge in [-0.1, -0.05) is 42.7 Å². The van der Waals surface area contributed by atoms with E-state index in [0.29, 0.717) is 6.61 Å². The van der Waals surface area contributed by atoms with E-state index in [4.69, 9.17) is 9.47 Å². The standard InChI is InChI=1S/C32H46O2/c1-21-13-24(4)32(25(5)14-21)34-20-31-12-11-29(19-33-31)17-27-7-9-28(10-8-27)18-30-15-22(2)26(6)23(3)16-30/h13-16,27-29,31H,7-12,17-20H2,1-6H3. The van der Waals surface area contributed by atoms with Gasteiger partial charge in [0.25, 0.3) is 0 Å². The summed E-state index contributed by atoms with van der Waals surface area (Å²) in [5.74, 6) is 3.56. The summed E-state index contributed by atoms with van der Waals surface area (Å²) >= 11 is 0. The molecule has 34 heavy (non-hydrogen) atoms. The second kappa shape index (κ2) is 11.3. The van der Waals surface area contributed by atoms with Gasteiger partial charge in [-0.2, -0.15) is 0 Å². The van der Waals surface area contributed by atoms with Gasteiger partial charge in [-0.3, -0.25) is 0 Å². The molecule has 2 unspecified atom stereocenters. The normalized spacial score (nSPS) is 25.4. The highest BCUT2D eigenvalue weighted by atomic mass is 16.5. The lowest BCUT2D eigenvalue weighted by molar-refractivity contribution is -0.0436. The van der Waals surface area contributed by atoms with Crippen molar-refractivity contribution in [2.24, 2.45) is 17.8 Å². The van der Waals surface area contributed by atoms with Gasteiger partial charge in [0.05, 0.1) is 6.10 Å². The molecule has 0 spiro atoms. The molecular weight excluding hydrogens is 416 g/mol. The van der Waals surface area contributed by atoms with Crippen LogP contribution in [0.3, 0.4) is 0 Å². The second-order valence-corrected chi connectivity index (χ2v) is 11.6. The zero-order valence-electron chi connectivity index (χ0n) is 22.5. The highest BCUT2D eigenvalue weighted by Gasteiger charge is 2.28. The molecule has 2 nitrogen and oxygen atoms in total. The largest absolute Gasteiger partial charge is 0.490 e. The minimum atomic E-state index is 0.244. The molecule has 2 aliphatic rings. The van der Waals surface area contributed by atoms with Gasteiger partial charge in [-0.15, -0.1) is 0 Å². The van der Waals surface area contributed by atoms with Crippen LogP contribution in [-0.4, -0.2) is 19.3 Å². The molecule has 0 radical (unpaired) electrons. The van der Waals surface area contributed by atoms with Crippen molar-refractivity contribution in [3.05, 3.63) is 63.2 Å². The Hall–Kier alpha value is -1.80. The predicted octanol–water partition coefficient (Wildman–Crippen LogP) is 8.15. The van der Waals surface area contributed by atoms with E-state index in [2.05, 4.69) is 65.8 Å². The fourth-order valence-electron chi connectivity index (χ4n) is 6.47. The van der Waals surface area contributed by atoms with Gasteiger partial charge in [-0.25, -0.2) is 0 Å². The lowest BCUT2D eigenvalue weighted by Crippen LogP contribution is -2.32. The Bertz CT molecular complexity index is 913. The van der Waals surface area contributed by atoms with Crippen LogP contribution in [-0.2, 0) is 11.2 Å². The first-order chi connectivity index (χ1) is 16.3. The van der Waals surface area contributed by atoms with Crippen LogP contribution in [0.1, 0.15) is 83.9 Å². The summed E-state index contributed by atoms with van der Waals surface area (Å²) in [5, 5.41) is 0. The molecule has 2 aromatic carbocycles.